The van der Waals surface area contributed by atoms with Crippen molar-refractivity contribution in [2.75, 3.05) is 13.7 Å². The van der Waals surface area contributed by atoms with Crippen LogP contribution in [0.2, 0.25) is 0 Å². The number of hydrogen-bond donors (Lipinski definition) is 0. The van der Waals surface area contributed by atoms with Gasteiger partial charge in [-0.05, 0) is 42.0 Å². The summed E-state index contributed by atoms with van der Waals surface area (Å²) in [6, 6.07) is 17.2. The second kappa shape index (κ2) is 6.46. The fourth-order valence-electron chi connectivity index (χ4n) is 1.70. The van der Waals surface area contributed by atoms with Crippen LogP contribution in [0.25, 0.3) is 0 Å². The summed E-state index contributed by atoms with van der Waals surface area (Å²) >= 11 is 0. The largest absolute Gasteiger partial charge is 0.497 e. The summed E-state index contributed by atoms with van der Waals surface area (Å²) in [5.74, 6) is 1.65. The van der Waals surface area contributed by atoms with E-state index >= 15 is 0 Å². The average Bonchev–Trinajstić information content (AvgIpc) is 2.49. The molecule has 0 bridgehead atoms. The van der Waals surface area contributed by atoms with Gasteiger partial charge in [0, 0.05) is 6.42 Å². The molecule has 2 aromatic rings. The molecule has 0 spiro atoms. The van der Waals surface area contributed by atoms with E-state index in [9.17, 15) is 0 Å². The molecule has 0 aliphatic heterocycles. The van der Waals surface area contributed by atoms with E-state index in [0.717, 1.165) is 23.5 Å². The van der Waals surface area contributed by atoms with Gasteiger partial charge in [-0.3, -0.25) is 0 Å². The molecule has 3 nitrogen and oxygen atoms in total. The van der Waals surface area contributed by atoms with E-state index in [1.54, 1.807) is 7.11 Å². The Hall–Kier alpha value is -2.47. The van der Waals surface area contributed by atoms with Crippen molar-refractivity contribution in [2.45, 2.75) is 6.42 Å². The number of hydrogen-bond acceptors (Lipinski definition) is 3. The second-order valence-corrected chi connectivity index (χ2v) is 4.08. The van der Waals surface area contributed by atoms with Crippen molar-refractivity contribution in [3.63, 3.8) is 0 Å². The van der Waals surface area contributed by atoms with Gasteiger partial charge in [0.25, 0.3) is 0 Å². The predicted octanol–water partition coefficient (Wildman–Crippen LogP) is 3.19. The summed E-state index contributed by atoms with van der Waals surface area (Å²) in [6.45, 7) is 0.609. The molecule has 2 aromatic carbocycles. The van der Waals surface area contributed by atoms with E-state index in [1.165, 1.54) is 0 Å². The maximum absolute atomic E-state index is 8.71. The molecule has 2 rings (SSSR count). The Bertz CT molecular complexity index is 553. The van der Waals surface area contributed by atoms with Crippen LogP contribution in [0.1, 0.15) is 11.1 Å². The van der Waals surface area contributed by atoms with Crippen LogP contribution in [0.4, 0.5) is 0 Å². The van der Waals surface area contributed by atoms with E-state index in [4.69, 9.17) is 14.7 Å². The first-order chi connectivity index (χ1) is 9.31. The van der Waals surface area contributed by atoms with Crippen LogP contribution in [0, 0.1) is 11.3 Å². The van der Waals surface area contributed by atoms with Gasteiger partial charge in [-0.2, -0.15) is 5.26 Å². The van der Waals surface area contributed by atoms with Crippen molar-refractivity contribution in [1.82, 2.24) is 0 Å². The van der Waals surface area contributed by atoms with Gasteiger partial charge < -0.3 is 9.47 Å². The van der Waals surface area contributed by atoms with Crippen LogP contribution in [-0.4, -0.2) is 13.7 Å². The van der Waals surface area contributed by atoms with Crippen molar-refractivity contribution >= 4 is 0 Å². The molecule has 3 heteroatoms. The lowest BCUT2D eigenvalue weighted by molar-refractivity contribution is 0.321. The molecule has 0 saturated carbocycles. The van der Waals surface area contributed by atoms with Gasteiger partial charge in [0.15, 0.2) is 0 Å². The molecule has 0 atom stereocenters. The number of methoxy groups -OCH3 is 1. The molecular weight excluding hydrogens is 238 g/mol. The lowest BCUT2D eigenvalue weighted by Crippen LogP contribution is -2.01. The molecule has 19 heavy (non-hydrogen) atoms. The van der Waals surface area contributed by atoms with Gasteiger partial charge >= 0.3 is 0 Å². The summed E-state index contributed by atoms with van der Waals surface area (Å²) < 4.78 is 10.7. The molecule has 0 fully saturated rings. The highest BCUT2D eigenvalue weighted by Crippen LogP contribution is 2.17. The molecule has 0 aliphatic rings. The van der Waals surface area contributed by atoms with Crippen molar-refractivity contribution in [3.05, 3.63) is 59.7 Å². The normalized spacial score (nSPS) is 9.68. The average molecular weight is 253 g/mol. The topological polar surface area (TPSA) is 42.2 Å². The third kappa shape index (κ3) is 3.75. The Balaban J connectivity index is 1.83. The zero-order chi connectivity index (χ0) is 13.5. The number of nitrogens with zero attached hydrogens (tertiary/aromatic N) is 1. The van der Waals surface area contributed by atoms with E-state index in [0.29, 0.717) is 12.2 Å². The zero-order valence-electron chi connectivity index (χ0n) is 10.8. The standard InChI is InChI=1S/C16H15NO2/c1-18-15-6-8-16(9-7-15)19-11-10-13-2-4-14(12-17)5-3-13/h2-9H,10-11H2,1H3. The number of nitriles is 1. The van der Waals surface area contributed by atoms with Gasteiger partial charge in [-0.15, -0.1) is 0 Å². The molecular formula is C16H15NO2. The molecule has 0 aromatic heterocycles. The number of ether oxygens (including phenoxy) is 2. The van der Waals surface area contributed by atoms with Gasteiger partial charge in [-0.25, -0.2) is 0 Å². The first-order valence-electron chi connectivity index (χ1n) is 6.08. The fraction of sp³-hybridized carbons (Fsp3) is 0.188. The molecule has 0 unspecified atom stereocenters. The van der Waals surface area contributed by atoms with Gasteiger partial charge in [0.2, 0.25) is 0 Å². The Morgan fingerprint density at radius 2 is 1.58 bits per heavy atom. The van der Waals surface area contributed by atoms with Crippen LogP contribution in [-0.2, 0) is 6.42 Å². The van der Waals surface area contributed by atoms with Gasteiger partial charge in [0.1, 0.15) is 11.5 Å². The first kappa shape index (κ1) is 13.0. The lowest BCUT2D eigenvalue weighted by atomic mass is 10.1. The maximum atomic E-state index is 8.71. The van der Waals surface area contributed by atoms with Gasteiger partial charge in [0.05, 0.1) is 25.3 Å². The summed E-state index contributed by atoms with van der Waals surface area (Å²) in [5, 5.41) is 8.71. The van der Waals surface area contributed by atoms with Crippen LogP contribution in [0.15, 0.2) is 48.5 Å². The molecule has 0 aliphatic carbocycles. The smallest absolute Gasteiger partial charge is 0.119 e. The highest BCUT2D eigenvalue weighted by atomic mass is 16.5. The van der Waals surface area contributed by atoms with Crippen molar-refractivity contribution < 1.29 is 9.47 Å². The third-order valence-corrected chi connectivity index (χ3v) is 2.80. The summed E-state index contributed by atoms with van der Waals surface area (Å²) in [7, 11) is 1.64. The maximum Gasteiger partial charge on any atom is 0.119 e. The van der Waals surface area contributed by atoms with E-state index in [1.807, 2.05) is 48.5 Å². The monoisotopic (exact) mass is 253 g/mol. The lowest BCUT2D eigenvalue weighted by Gasteiger charge is -2.07. The minimum Gasteiger partial charge on any atom is -0.497 e. The Morgan fingerprint density at radius 1 is 0.947 bits per heavy atom. The third-order valence-electron chi connectivity index (χ3n) is 2.80. The van der Waals surface area contributed by atoms with Crippen LogP contribution in [0.5, 0.6) is 11.5 Å². The quantitative estimate of drug-likeness (QED) is 0.821. The SMILES string of the molecule is COc1ccc(OCCc2ccc(C#N)cc2)cc1. The highest BCUT2D eigenvalue weighted by Gasteiger charge is 1.97. The fourth-order valence-corrected chi connectivity index (χ4v) is 1.70. The summed E-state index contributed by atoms with van der Waals surface area (Å²) in [6.07, 6.45) is 0.817. The van der Waals surface area contributed by atoms with E-state index in [-0.39, 0.29) is 0 Å². The van der Waals surface area contributed by atoms with Crippen LogP contribution >= 0.6 is 0 Å². The summed E-state index contributed by atoms with van der Waals surface area (Å²) in [5.41, 5.74) is 1.84. The molecule has 0 heterocycles. The Labute approximate surface area is 113 Å². The Morgan fingerprint density at radius 3 is 2.16 bits per heavy atom. The number of rotatable bonds is 5. The van der Waals surface area contributed by atoms with E-state index in [2.05, 4.69) is 6.07 Å². The minimum atomic E-state index is 0.609. The molecule has 0 radical (unpaired) electrons. The van der Waals surface area contributed by atoms with Crippen LogP contribution < -0.4 is 9.47 Å². The van der Waals surface area contributed by atoms with Crippen molar-refractivity contribution in [1.29, 1.82) is 5.26 Å². The van der Waals surface area contributed by atoms with Crippen molar-refractivity contribution in [2.24, 2.45) is 0 Å². The first-order valence-corrected chi connectivity index (χ1v) is 6.08. The van der Waals surface area contributed by atoms with Crippen molar-refractivity contribution in [3.8, 4) is 17.6 Å². The molecule has 0 amide bonds. The summed E-state index contributed by atoms with van der Waals surface area (Å²) in [4.78, 5) is 0. The van der Waals surface area contributed by atoms with Crippen LogP contribution in [0.3, 0.4) is 0 Å². The van der Waals surface area contributed by atoms with E-state index < -0.39 is 0 Å². The minimum absolute atomic E-state index is 0.609. The molecule has 0 saturated heterocycles. The second-order valence-electron chi connectivity index (χ2n) is 4.08. The molecule has 0 N–H and O–H groups in total. The highest BCUT2D eigenvalue weighted by molar-refractivity contribution is 5.32. The Kier molecular flexibility index (Phi) is 4.41. The van der Waals surface area contributed by atoms with Gasteiger partial charge in [-0.1, -0.05) is 12.1 Å². The number of benzene rings is 2. The zero-order valence-corrected chi connectivity index (χ0v) is 10.8. The molecule has 96 valence electrons. The predicted molar refractivity (Wildman–Crippen MR) is 73.4 cm³/mol.